The Bertz CT molecular complexity index is 488. The minimum atomic E-state index is -4.79. The molecule has 0 aliphatic carbocycles. The van der Waals surface area contributed by atoms with Crippen LogP contribution in [-0.4, -0.2) is 16.3 Å². The molecule has 0 fully saturated rings. The van der Waals surface area contributed by atoms with Crippen molar-refractivity contribution in [2.75, 3.05) is 0 Å². The summed E-state index contributed by atoms with van der Waals surface area (Å²) in [4.78, 5) is 12.7. The molecule has 0 spiro atoms. The van der Waals surface area contributed by atoms with E-state index in [1.165, 1.54) is 0 Å². The lowest BCUT2D eigenvalue weighted by Crippen LogP contribution is -2.16. The maximum Gasteiger partial charge on any atom is 0.444 e. The molecule has 0 N–H and O–H groups in total. The van der Waals surface area contributed by atoms with Gasteiger partial charge in [-0.05, 0) is 6.07 Å². The summed E-state index contributed by atoms with van der Waals surface area (Å²) in [5.74, 6) is 0. The maximum absolute atomic E-state index is 12.1. The van der Waals surface area contributed by atoms with Crippen molar-refractivity contribution in [2.45, 2.75) is 6.18 Å². The smallest absolute Gasteiger partial charge is 0.258 e. The molecule has 0 atom stereocenters. The minimum Gasteiger partial charge on any atom is -0.258 e. The van der Waals surface area contributed by atoms with Crippen molar-refractivity contribution in [2.24, 2.45) is 4.99 Å². The molecule has 1 aromatic carbocycles. The Labute approximate surface area is 103 Å². The fourth-order valence-corrected chi connectivity index (χ4v) is 1.18. The molecule has 4 nitrogen and oxygen atoms in total. The van der Waals surface area contributed by atoms with Crippen molar-refractivity contribution in [1.29, 1.82) is 0 Å². The molecule has 1 aromatic rings. The van der Waals surface area contributed by atoms with Crippen LogP contribution in [-0.2, 0) is 0 Å². The SMILES string of the molecule is O=[N+]([O-])c1ccc(N=C(Cl)C(F)(F)F)c(Cl)c1. The van der Waals surface area contributed by atoms with Gasteiger partial charge in [0.2, 0.25) is 5.17 Å². The quantitative estimate of drug-likeness (QED) is 0.467. The van der Waals surface area contributed by atoms with Crippen molar-refractivity contribution >= 4 is 39.7 Å². The zero-order valence-electron chi connectivity index (χ0n) is 7.83. The summed E-state index contributed by atoms with van der Waals surface area (Å²) in [6.07, 6.45) is -4.79. The van der Waals surface area contributed by atoms with Crippen LogP contribution in [0.1, 0.15) is 0 Å². The highest BCUT2D eigenvalue weighted by molar-refractivity contribution is 6.67. The molecule has 9 heteroatoms. The first-order chi connectivity index (χ1) is 7.71. The predicted octanol–water partition coefficient (Wildman–Crippen LogP) is 4.08. The molecule has 1 rings (SSSR count). The van der Waals surface area contributed by atoms with Crippen LogP contribution in [0.15, 0.2) is 23.2 Å². The zero-order valence-corrected chi connectivity index (χ0v) is 9.34. The molecule has 17 heavy (non-hydrogen) atoms. The number of benzene rings is 1. The minimum absolute atomic E-state index is 0.290. The van der Waals surface area contributed by atoms with E-state index in [2.05, 4.69) is 4.99 Å². The monoisotopic (exact) mass is 286 g/mol. The van der Waals surface area contributed by atoms with Gasteiger partial charge in [-0.25, -0.2) is 4.99 Å². The Balaban J connectivity index is 3.14. The largest absolute Gasteiger partial charge is 0.444 e. The second-order valence-corrected chi connectivity index (χ2v) is 3.56. The molecule has 0 saturated heterocycles. The summed E-state index contributed by atoms with van der Waals surface area (Å²) in [6.45, 7) is 0. The van der Waals surface area contributed by atoms with Crippen LogP contribution < -0.4 is 0 Å². The average molecular weight is 287 g/mol. The van der Waals surface area contributed by atoms with Gasteiger partial charge in [0, 0.05) is 12.1 Å². The lowest BCUT2D eigenvalue weighted by molar-refractivity contribution is -0.384. The first-order valence-corrected chi connectivity index (χ1v) is 4.72. The maximum atomic E-state index is 12.1. The van der Waals surface area contributed by atoms with Crippen LogP contribution in [0.25, 0.3) is 0 Å². The van der Waals surface area contributed by atoms with Crippen LogP contribution in [0, 0.1) is 10.1 Å². The third-order valence-corrected chi connectivity index (χ3v) is 2.20. The van der Waals surface area contributed by atoms with Crippen LogP contribution in [0.5, 0.6) is 0 Å². The molecule has 92 valence electrons. The summed E-state index contributed by atoms with van der Waals surface area (Å²) in [5.41, 5.74) is -0.642. The van der Waals surface area contributed by atoms with Gasteiger partial charge in [-0.2, -0.15) is 13.2 Å². The molecule has 0 radical (unpaired) electrons. The van der Waals surface area contributed by atoms with E-state index in [0.29, 0.717) is 0 Å². The molecule has 0 aliphatic rings. The number of hydrogen-bond acceptors (Lipinski definition) is 3. The first-order valence-electron chi connectivity index (χ1n) is 3.97. The second kappa shape index (κ2) is 4.89. The van der Waals surface area contributed by atoms with Gasteiger partial charge in [0.1, 0.15) is 0 Å². The van der Waals surface area contributed by atoms with E-state index in [4.69, 9.17) is 23.2 Å². The van der Waals surface area contributed by atoms with Gasteiger partial charge >= 0.3 is 6.18 Å². The highest BCUT2D eigenvalue weighted by Gasteiger charge is 2.34. The van der Waals surface area contributed by atoms with Gasteiger partial charge in [-0.1, -0.05) is 23.2 Å². The second-order valence-electron chi connectivity index (χ2n) is 2.79. The van der Waals surface area contributed by atoms with Gasteiger partial charge in [-0.15, -0.1) is 0 Å². The number of nitrogens with zero attached hydrogens (tertiary/aromatic N) is 2. The Hall–Kier alpha value is -1.34. The molecular formula is C8H3Cl2F3N2O2. The molecule has 0 unspecified atom stereocenters. The van der Waals surface area contributed by atoms with E-state index in [1.54, 1.807) is 0 Å². The predicted molar refractivity (Wildman–Crippen MR) is 57.1 cm³/mol. The van der Waals surface area contributed by atoms with Gasteiger partial charge in [0.25, 0.3) is 5.69 Å². The standard InChI is InChI=1S/C8H3Cl2F3N2O2/c9-5-3-4(15(16)17)1-2-6(5)14-7(10)8(11,12)13/h1-3H. The summed E-state index contributed by atoms with van der Waals surface area (Å²) in [5, 5.41) is 8.46. The normalized spacial score (nSPS) is 12.6. The summed E-state index contributed by atoms with van der Waals surface area (Å²) in [6, 6.07) is 2.85. The van der Waals surface area contributed by atoms with Crippen LogP contribution in [0.4, 0.5) is 24.5 Å². The fourth-order valence-electron chi connectivity index (χ4n) is 0.869. The Morgan fingerprint density at radius 3 is 2.41 bits per heavy atom. The average Bonchev–Trinajstić information content (AvgIpc) is 2.19. The molecule has 0 bridgehead atoms. The first kappa shape index (κ1) is 13.7. The van der Waals surface area contributed by atoms with E-state index in [9.17, 15) is 23.3 Å². The van der Waals surface area contributed by atoms with Crippen LogP contribution >= 0.6 is 23.2 Å². The van der Waals surface area contributed by atoms with Crippen LogP contribution in [0.3, 0.4) is 0 Å². The molecule has 0 heterocycles. The summed E-state index contributed by atoms with van der Waals surface area (Å²) >= 11 is 10.4. The summed E-state index contributed by atoms with van der Waals surface area (Å²) in [7, 11) is 0. The van der Waals surface area contributed by atoms with Crippen LogP contribution in [0.2, 0.25) is 5.02 Å². The number of rotatable bonds is 2. The van der Waals surface area contributed by atoms with E-state index >= 15 is 0 Å². The van der Waals surface area contributed by atoms with E-state index in [-0.39, 0.29) is 16.4 Å². The number of aliphatic imine (C=N–C) groups is 1. The fraction of sp³-hybridized carbons (Fsp3) is 0.125. The Morgan fingerprint density at radius 1 is 1.41 bits per heavy atom. The van der Waals surface area contributed by atoms with Crippen molar-refractivity contribution in [3.8, 4) is 0 Å². The van der Waals surface area contributed by atoms with Crippen molar-refractivity contribution in [1.82, 2.24) is 0 Å². The number of nitro benzene ring substituents is 1. The molecule has 0 saturated carbocycles. The molecule has 0 amide bonds. The van der Waals surface area contributed by atoms with Gasteiger partial charge in [0.05, 0.1) is 15.6 Å². The molecular weight excluding hydrogens is 284 g/mol. The number of non-ortho nitro benzene ring substituents is 1. The number of alkyl halides is 3. The highest BCUT2D eigenvalue weighted by Crippen LogP contribution is 2.31. The number of halogens is 5. The van der Waals surface area contributed by atoms with Crippen molar-refractivity contribution in [3.05, 3.63) is 33.3 Å². The topological polar surface area (TPSA) is 55.5 Å². The highest BCUT2D eigenvalue weighted by atomic mass is 35.5. The number of nitro groups is 1. The van der Waals surface area contributed by atoms with E-state index in [0.717, 1.165) is 18.2 Å². The zero-order chi connectivity index (χ0) is 13.2. The lowest BCUT2D eigenvalue weighted by Gasteiger charge is -2.04. The lowest BCUT2D eigenvalue weighted by atomic mass is 10.3. The Kier molecular flexibility index (Phi) is 3.94. The van der Waals surface area contributed by atoms with Crippen molar-refractivity contribution < 1.29 is 18.1 Å². The van der Waals surface area contributed by atoms with E-state index < -0.39 is 16.3 Å². The molecule has 0 aromatic heterocycles. The van der Waals surface area contributed by atoms with E-state index in [1.807, 2.05) is 0 Å². The van der Waals surface area contributed by atoms with Gasteiger partial charge < -0.3 is 0 Å². The Morgan fingerprint density at radius 2 is 2.00 bits per heavy atom. The third-order valence-electron chi connectivity index (χ3n) is 1.59. The van der Waals surface area contributed by atoms with Crippen molar-refractivity contribution in [3.63, 3.8) is 0 Å². The molecule has 0 aliphatic heterocycles. The van der Waals surface area contributed by atoms with Gasteiger partial charge in [-0.3, -0.25) is 10.1 Å². The van der Waals surface area contributed by atoms with Gasteiger partial charge in [0.15, 0.2) is 0 Å². The summed E-state index contributed by atoms with van der Waals surface area (Å²) < 4.78 is 36.2. The third kappa shape index (κ3) is 3.57. The number of hydrogen-bond donors (Lipinski definition) is 0.